The van der Waals surface area contributed by atoms with Gasteiger partial charge in [0.05, 0.1) is 23.7 Å². The number of sulfonamides is 1. The van der Waals surface area contributed by atoms with Crippen LogP contribution < -0.4 is 9.04 Å². The van der Waals surface area contributed by atoms with Crippen molar-refractivity contribution in [2.24, 2.45) is 0 Å². The fourth-order valence-corrected chi connectivity index (χ4v) is 4.70. The number of rotatable bonds is 6. The maximum absolute atomic E-state index is 14.3. The highest BCUT2D eigenvalue weighted by atomic mass is 32.2. The maximum Gasteiger partial charge on any atom is 0.265 e. The Morgan fingerprint density at radius 2 is 1.68 bits per heavy atom. The minimum atomic E-state index is -3.98. The Bertz CT molecular complexity index is 1070. The van der Waals surface area contributed by atoms with Gasteiger partial charge in [-0.1, -0.05) is 42.5 Å². The Balaban J connectivity index is 2.18. The van der Waals surface area contributed by atoms with Crippen LogP contribution in [0.5, 0.6) is 5.75 Å². The Morgan fingerprint density at radius 3 is 2.32 bits per heavy atom. The summed E-state index contributed by atoms with van der Waals surface area (Å²) >= 11 is 0. The van der Waals surface area contributed by atoms with E-state index in [0.717, 1.165) is 5.56 Å². The molecular formula is C22H22FNO3S. The summed E-state index contributed by atoms with van der Waals surface area (Å²) in [6.45, 7) is 3.42. The topological polar surface area (TPSA) is 46.6 Å². The first-order chi connectivity index (χ1) is 13.3. The lowest BCUT2D eigenvalue weighted by Gasteiger charge is -2.31. The standard InChI is InChI=1S/C22H22FNO3S/c1-16-12-13-19(14-22(16)23)24(17(2)18-8-5-4-6-9-18)28(25,26)21-11-7-10-20(15-21)27-3/h4-15,17H,1-3H3. The summed E-state index contributed by atoms with van der Waals surface area (Å²) in [6, 6.07) is 19.4. The summed E-state index contributed by atoms with van der Waals surface area (Å²) in [6.07, 6.45) is 0. The zero-order valence-corrected chi connectivity index (χ0v) is 16.8. The van der Waals surface area contributed by atoms with Crippen LogP contribution in [0, 0.1) is 12.7 Å². The van der Waals surface area contributed by atoms with E-state index in [2.05, 4.69) is 0 Å². The normalized spacial score (nSPS) is 12.4. The molecule has 28 heavy (non-hydrogen) atoms. The van der Waals surface area contributed by atoms with Gasteiger partial charge < -0.3 is 4.74 Å². The van der Waals surface area contributed by atoms with E-state index in [9.17, 15) is 12.8 Å². The van der Waals surface area contributed by atoms with Gasteiger partial charge in [-0.3, -0.25) is 4.31 Å². The average Bonchev–Trinajstić information content (AvgIpc) is 2.71. The van der Waals surface area contributed by atoms with E-state index in [4.69, 9.17) is 4.74 Å². The summed E-state index contributed by atoms with van der Waals surface area (Å²) in [7, 11) is -2.50. The Labute approximate surface area is 165 Å². The third-order valence-electron chi connectivity index (χ3n) is 4.64. The number of hydrogen-bond acceptors (Lipinski definition) is 3. The second-order valence-corrected chi connectivity index (χ2v) is 8.31. The van der Waals surface area contributed by atoms with Gasteiger partial charge in [0.15, 0.2) is 0 Å². The smallest absolute Gasteiger partial charge is 0.265 e. The van der Waals surface area contributed by atoms with Gasteiger partial charge in [0.25, 0.3) is 10.0 Å². The van der Waals surface area contributed by atoms with Crippen molar-refractivity contribution in [3.05, 3.63) is 89.7 Å². The fourth-order valence-electron chi connectivity index (χ4n) is 3.03. The summed E-state index contributed by atoms with van der Waals surface area (Å²) in [4.78, 5) is 0.0793. The molecule has 0 aromatic heterocycles. The molecule has 0 aliphatic heterocycles. The monoisotopic (exact) mass is 399 g/mol. The Hall–Kier alpha value is -2.86. The Morgan fingerprint density at radius 1 is 0.964 bits per heavy atom. The summed E-state index contributed by atoms with van der Waals surface area (Å²) < 4.78 is 47.8. The summed E-state index contributed by atoms with van der Waals surface area (Å²) in [5, 5.41) is 0. The predicted molar refractivity (Wildman–Crippen MR) is 109 cm³/mol. The van der Waals surface area contributed by atoms with Gasteiger partial charge in [0.1, 0.15) is 11.6 Å². The highest BCUT2D eigenvalue weighted by Crippen LogP contribution is 2.34. The van der Waals surface area contributed by atoms with Crippen LogP contribution in [0.4, 0.5) is 10.1 Å². The van der Waals surface area contributed by atoms with Crippen LogP contribution in [-0.4, -0.2) is 15.5 Å². The number of benzene rings is 3. The van der Waals surface area contributed by atoms with Gasteiger partial charge in [-0.15, -0.1) is 0 Å². The van der Waals surface area contributed by atoms with Crippen molar-refractivity contribution in [3.63, 3.8) is 0 Å². The molecule has 1 atom stereocenters. The minimum Gasteiger partial charge on any atom is -0.497 e. The van der Waals surface area contributed by atoms with E-state index in [1.54, 1.807) is 38.1 Å². The van der Waals surface area contributed by atoms with E-state index < -0.39 is 21.9 Å². The van der Waals surface area contributed by atoms with Crippen molar-refractivity contribution in [1.29, 1.82) is 0 Å². The molecule has 0 N–H and O–H groups in total. The van der Waals surface area contributed by atoms with Crippen LogP contribution in [0.25, 0.3) is 0 Å². The molecule has 4 nitrogen and oxygen atoms in total. The largest absolute Gasteiger partial charge is 0.497 e. The van der Waals surface area contributed by atoms with E-state index in [1.807, 2.05) is 30.3 Å². The molecule has 1 unspecified atom stereocenters. The van der Waals surface area contributed by atoms with Gasteiger partial charge in [-0.2, -0.15) is 0 Å². The lowest BCUT2D eigenvalue weighted by Crippen LogP contribution is -2.33. The van der Waals surface area contributed by atoms with Crippen molar-refractivity contribution >= 4 is 15.7 Å². The zero-order chi connectivity index (χ0) is 20.3. The first-order valence-electron chi connectivity index (χ1n) is 8.84. The minimum absolute atomic E-state index is 0.0793. The average molecular weight is 399 g/mol. The molecule has 0 aliphatic carbocycles. The van der Waals surface area contributed by atoms with Crippen LogP contribution in [0.1, 0.15) is 24.1 Å². The van der Waals surface area contributed by atoms with Crippen LogP contribution >= 0.6 is 0 Å². The maximum atomic E-state index is 14.3. The summed E-state index contributed by atoms with van der Waals surface area (Å²) in [5.74, 6) is -0.0212. The van der Waals surface area contributed by atoms with Crippen molar-refractivity contribution in [3.8, 4) is 5.75 Å². The third kappa shape index (κ3) is 3.87. The molecule has 3 aromatic carbocycles. The highest BCUT2D eigenvalue weighted by Gasteiger charge is 2.31. The second-order valence-electron chi connectivity index (χ2n) is 6.50. The van der Waals surface area contributed by atoms with E-state index >= 15 is 0 Å². The molecule has 0 fully saturated rings. The van der Waals surface area contributed by atoms with E-state index in [-0.39, 0.29) is 10.6 Å². The van der Waals surface area contributed by atoms with Crippen molar-refractivity contribution in [2.75, 3.05) is 11.4 Å². The molecule has 6 heteroatoms. The molecule has 0 saturated carbocycles. The van der Waals surface area contributed by atoms with Gasteiger partial charge in [0.2, 0.25) is 0 Å². The van der Waals surface area contributed by atoms with Gasteiger partial charge >= 0.3 is 0 Å². The molecule has 0 spiro atoms. The van der Waals surface area contributed by atoms with Gasteiger partial charge in [0, 0.05) is 6.07 Å². The Kier molecular flexibility index (Phi) is 5.70. The first-order valence-corrected chi connectivity index (χ1v) is 10.3. The van der Waals surface area contributed by atoms with Gasteiger partial charge in [-0.25, -0.2) is 12.8 Å². The lowest BCUT2D eigenvalue weighted by atomic mass is 10.1. The van der Waals surface area contributed by atoms with E-state index in [1.165, 1.54) is 29.6 Å². The van der Waals surface area contributed by atoms with Gasteiger partial charge in [-0.05, 0) is 49.2 Å². The van der Waals surface area contributed by atoms with Crippen LogP contribution in [-0.2, 0) is 10.0 Å². The van der Waals surface area contributed by atoms with Crippen molar-refractivity contribution in [1.82, 2.24) is 0 Å². The predicted octanol–water partition coefficient (Wildman–Crippen LogP) is 5.10. The number of hydrogen-bond donors (Lipinski definition) is 0. The highest BCUT2D eigenvalue weighted by molar-refractivity contribution is 7.92. The number of anilines is 1. The molecule has 3 aromatic rings. The summed E-state index contributed by atoms with van der Waals surface area (Å²) in [5.41, 5.74) is 1.52. The molecule has 0 heterocycles. The van der Waals surface area contributed by atoms with Crippen molar-refractivity contribution < 1.29 is 17.5 Å². The molecule has 0 aliphatic rings. The fraction of sp³-hybridized carbons (Fsp3) is 0.182. The first kappa shape index (κ1) is 19.9. The molecule has 0 saturated heterocycles. The molecule has 146 valence electrons. The number of halogens is 1. The molecule has 0 amide bonds. The lowest BCUT2D eigenvalue weighted by molar-refractivity contribution is 0.413. The van der Waals surface area contributed by atoms with E-state index in [0.29, 0.717) is 11.3 Å². The number of nitrogens with zero attached hydrogens (tertiary/aromatic N) is 1. The quantitative estimate of drug-likeness (QED) is 0.579. The number of ether oxygens (including phenoxy) is 1. The van der Waals surface area contributed by atoms with Crippen LogP contribution in [0.2, 0.25) is 0 Å². The van der Waals surface area contributed by atoms with Crippen molar-refractivity contribution in [2.45, 2.75) is 24.8 Å². The second kappa shape index (κ2) is 8.02. The molecular weight excluding hydrogens is 377 g/mol. The van der Waals surface area contributed by atoms with Crippen LogP contribution in [0.3, 0.4) is 0 Å². The molecule has 0 bridgehead atoms. The third-order valence-corrected chi connectivity index (χ3v) is 6.54. The zero-order valence-electron chi connectivity index (χ0n) is 16.0. The number of methoxy groups -OCH3 is 1. The molecule has 0 radical (unpaired) electrons. The van der Waals surface area contributed by atoms with Crippen LogP contribution in [0.15, 0.2) is 77.7 Å². The molecule has 3 rings (SSSR count). The number of aryl methyl sites for hydroxylation is 1. The SMILES string of the molecule is COc1cccc(S(=O)(=O)N(c2ccc(C)c(F)c2)C(C)c2ccccc2)c1.